The van der Waals surface area contributed by atoms with Crippen LogP contribution < -0.4 is 10.5 Å². The average Bonchev–Trinajstić information content (AvgIpc) is 2.46. The number of hydrogen-bond acceptors (Lipinski definition) is 3. The molecule has 0 radical (unpaired) electrons. The molecule has 3 N–H and O–H groups in total. The number of rotatable bonds is 4. The molecule has 0 saturated carbocycles. The molecular formula is C15H17NO2. The van der Waals surface area contributed by atoms with E-state index >= 15 is 0 Å². The fourth-order valence-electron chi connectivity index (χ4n) is 1.96. The molecule has 2 atom stereocenters. The number of methoxy groups -OCH3 is 1. The molecule has 2 unspecified atom stereocenters. The molecule has 94 valence electrons. The summed E-state index contributed by atoms with van der Waals surface area (Å²) in [5.74, 6) is 0.649. The summed E-state index contributed by atoms with van der Waals surface area (Å²) < 4.78 is 5.24. The number of aliphatic hydroxyl groups is 1. The van der Waals surface area contributed by atoms with Crippen molar-refractivity contribution in [2.75, 3.05) is 7.11 Å². The largest absolute Gasteiger partial charge is 0.496 e. The molecule has 0 saturated heterocycles. The molecule has 0 bridgehead atoms. The number of benzene rings is 2. The first-order valence-electron chi connectivity index (χ1n) is 5.85. The van der Waals surface area contributed by atoms with E-state index < -0.39 is 12.1 Å². The Morgan fingerprint density at radius 1 is 1.00 bits per heavy atom. The van der Waals surface area contributed by atoms with Gasteiger partial charge in [-0.25, -0.2) is 0 Å². The summed E-state index contributed by atoms with van der Waals surface area (Å²) in [4.78, 5) is 0. The normalized spacial score (nSPS) is 13.9. The minimum atomic E-state index is -0.788. The molecule has 18 heavy (non-hydrogen) atoms. The van der Waals surface area contributed by atoms with Crippen molar-refractivity contribution >= 4 is 0 Å². The van der Waals surface area contributed by atoms with Gasteiger partial charge in [0.1, 0.15) is 11.9 Å². The maximum absolute atomic E-state index is 10.3. The highest BCUT2D eigenvalue weighted by Gasteiger charge is 2.21. The Kier molecular flexibility index (Phi) is 3.97. The van der Waals surface area contributed by atoms with Gasteiger partial charge in [-0.3, -0.25) is 0 Å². The SMILES string of the molecule is COc1ccccc1C(O)C(N)c1ccccc1. The van der Waals surface area contributed by atoms with Crippen molar-refractivity contribution in [2.45, 2.75) is 12.1 Å². The molecule has 2 aromatic rings. The van der Waals surface area contributed by atoms with E-state index in [1.807, 2.05) is 54.6 Å². The Balaban J connectivity index is 2.28. The third kappa shape index (κ3) is 2.53. The summed E-state index contributed by atoms with van der Waals surface area (Å²) in [7, 11) is 1.58. The molecule has 3 nitrogen and oxygen atoms in total. The second-order valence-corrected chi connectivity index (χ2v) is 4.12. The van der Waals surface area contributed by atoms with Gasteiger partial charge in [-0.15, -0.1) is 0 Å². The molecule has 0 aromatic heterocycles. The van der Waals surface area contributed by atoms with Gasteiger partial charge in [0.25, 0.3) is 0 Å². The minimum absolute atomic E-state index is 0.470. The second kappa shape index (κ2) is 5.67. The molecule has 0 aliphatic rings. The summed E-state index contributed by atoms with van der Waals surface area (Å²) in [6, 6.07) is 16.4. The lowest BCUT2D eigenvalue weighted by atomic mass is 9.96. The fourth-order valence-corrected chi connectivity index (χ4v) is 1.96. The van der Waals surface area contributed by atoms with Gasteiger partial charge >= 0.3 is 0 Å². The van der Waals surface area contributed by atoms with Crippen molar-refractivity contribution in [3.05, 3.63) is 65.7 Å². The first-order chi connectivity index (χ1) is 8.74. The van der Waals surface area contributed by atoms with E-state index in [1.165, 1.54) is 0 Å². The molecule has 0 heterocycles. The number of aliphatic hydroxyl groups excluding tert-OH is 1. The number of hydrogen-bond donors (Lipinski definition) is 2. The van der Waals surface area contributed by atoms with Crippen molar-refractivity contribution < 1.29 is 9.84 Å². The third-order valence-corrected chi connectivity index (χ3v) is 2.98. The van der Waals surface area contributed by atoms with Gasteiger partial charge < -0.3 is 15.6 Å². The van der Waals surface area contributed by atoms with Crippen LogP contribution in [0.15, 0.2) is 54.6 Å². The molecule has 3 heteroatoms. The Hall–Kier alpha value is -1.84. The quantitative estimate of drug-likeness (QED) is 0.867. The third-order valence-electron chi connectivity index (χ3n) is 2.98. The van der Waals surface area contributed by atoms with Crippen LogP contribution in [0.5, 0.6) is 5.75 Å². The fraction of sp³-hybridized carbons (Fsp3) is 0.200. The first kappa shape index (κ1) is 12.6. The molecular weight excluding hydrogens is 226 g/mol. The number of ether oxygens (including phenoxy) is 1. The molecule has 0 aliphatic carbocycles. The van der Waals surface area contributed by atoms with Crippen LogP contribution in [0.1, 0.15) is 23.3 Å². The lowest BCUT2D eigenvalue weighted by Gasteiger charge is -2.21. The summed E-state index contributed by atoms with van der Waals surface area (Å²) in [5.41, 5.74) is 7.69. The van der Waals surface area contributed by atoms with E-state index in [2.05, 4.69) is 0 Å². The highest BCUT2D eigenvalue weighted by molar-refractivity contribution is 5.37. The van der Waals surface area contributed by atoms with E-state index in [1.54, 1.807) is 7.11 Å². The summed E-state index contributed by atoms with van der Waals surface area (Å²) >= 11 is 0. The molecule has 0 aliphatic heterocycles. The van der Waals surface area contributed by atoms with Crippen LogP contribution in [0.4, 0.5) is 0 Å². The van der Waals surface area contributed by atoms with E-state index in [-0.39, 0.29) is 0 Å². The molecule has 0 spiro atoms. The average molecular weight is 243 g/mol. The standard InChI is InChI=1S/C15H17NO2/c1-18-13-10-6-5-9-12(13)15(17)14(16)11-7-3-2-4-8-11/h2-10,14-15,17H,16H2,1H3. The van der Waals surface area contributed by atoms with Crippen LogP contribution in [-0.4, -0.2) is 12.2 Å². The minimum Gasteiger partial charge on any atom is -0.496 e. The van der Waals surface area contributed by atoms with Gasteiger partial charge in [0.2, 0.25) is 0 Å². The van der Waals surface area contributed by atoms with E-state index in [0.29, 0.717) is 11.3 Å². The van der Waals surface area contributed by atoms with Crippen molar-refractivity contribution in [2.24, 2.45) is 5.73 Å². The van der Waals surface area contributed by atoms with Gasteiger partial charge in [-0.1, -0.05) is 48.5 Å². The van der Waals surface area contributed by atoms with E-state index in [9.17, 15) is 5.11 Å². The monoisotopic (exact) mass is 243 g/mol. The lowest BCUT2D eigenvalue weighted by molar-refractivity contribution is 0.143. The van der Waals surface area contributed by atoms with Gasteiger partial charge in [0.05, 0.1) is 13.2 Å². The molecule has 2 aromatic carbocycles. The van der Waals surface area contributed by atoms with Crippen molar-refractivity contribution in [1.29, 1.82) is 0 Å². The summed E-state index contributed by atoms with van der Waals surface area (Å²) in [6.45, 7) is 0. The summed E-state index contributed by atoms with van der Waals surface area (Å²) in [5, 5.41) is 10.3. The van der Waals surface area contributed by atoms with Crippen LogP contribution >= 0.6 is 0 Å². The lowest BCUT2D eigenvalue weighted by Crippen LogP contribution is -2.20. The van der Waals surface area contributed by atoms with Crippen LogP contribution in [0.3, 0.4) is 0 Å². The Morgan fingerprint density at radius 2 is 1.61 bits per heavy atom. The first-order valence-corrected chi connectivity index (χ1v) is 5.85. The van der Waals surface area contributed by atoms with Gasteiger partial charge in [0, 0.05) is 5.56 Å². The maximum Gasteiger partial charge on any atom is 0.124 e. The van der Waals surface area contributed by atoms with E-state index in [4.69, 9.17) is 10.5 Å². The maximum atomic E-state index is 10.3. The van der Waals surface area contributed by atoms with Crippen LogP contribution in [0.2, 0.25) is 0 Å². The topological polar surface area (TPSA) is 55.5 Å². The number of nitrogens with two attached hydrogens (primary N) is 1. The predicted octanol–water partition coefficient (Wildman–Crippen LogP) is 2.43. The van der Waals surface area contributed by atoms with Crippen LogP contribution in [0, 0.1) is 0 Å². The van der Waals surface area contributed by atoms with Gasteiger partial charge in [0.15, 0.2) is 0 Å². The van der Waals surface area contributed by atoms with Crippen molar-refractivity contribution in [3.63, 3.8) is 0 Å². The molecule has 0 amide bonds. The van der Waals surface area contributed by atoms with Gasteiger partial charge in [-0.2, -0.15) is 0 Å². The van der Waals surface area contributed by atoms with Crippen molar-refractivity contribution in [1.82, 2.24) is 0 Å². The highest BCUT2D eigenvalue weighted by atomic mass is 16.5. The Bertz CT molecular complexity index is 499. The zero-order valence-electron chi connectivity index (χ0n) is 10.3. The smallest absolute Gasteiger partial charge is 0.124 e. The van der Waals surface area contributed by atoms with Gasteiger partial charge in [-0.05, 0) is 11.6 Å². The van der Waals surface area contributed by atoms with Crippen molar-refractivity contribution in [3.8, 4) is 5.75 Å². The molecule has 0 fully saturated rings. The highest BCUT2D eigenvalue weighted by Crippen LogP contribution is 2.32. The Labute approximate surface area is 107 Å². The zero-order valence-corrected chi connectivity index (χ0v) is 10.3. The second-order valence-electron chi connectivity index (χ2n) is 4.12. The van der Waals surface area contributed by atoms with E-state index in [0.717, 1.165) is 5.56 Å². The van der Waals surface area contributed by atoms with Crippen LogP contribution in [-0.2, 0) is 0 Å². The summed E-state index contributed by atoms with van der Waals surface area (Å²) in [6.07, 6.45) is -0.788. The molecule has 2 rings (SSSR count). The zero-order chi connectivity index (χ0) is 13.0. The van der Waals surface area contributed by atoms with Crippen LogP contribution in [0.25, 0.3) is 0 Å². The Morgan fingerprint density at radius 3 is 2.28 bits per heavy atom. The number of para-hydroxylation sites is 1. The predicted molar refractivity (Wildman–Crippen MR) is 71.3 cm³/mol.